The van der Waals surface area contributed by atoms with Gasteiger partial charge in [-0.05, 0) is 47.5 Å². The van der Waals surface area contributed by atoms with Gasteiger partial charge in [0, 0.05) is 18.0 Å². The summed E-state index contributed by atoms with van der Waals surface area (Å²) in [5.74, 6) is 0.897. The van der Waals surface area contributed by atoms with E-state index in [0.717, 1.165) is 22.3 Å². The molecule has 1 unspecified atom stereocenters. The molecule has 4 aromatic carbocycles. The zero-order valence-corrected chi connectivity index (χ0v) is 21.3. The fourth-order valence-electron chi connectivity index (χ4n) is 4.23. The number of rotatable bonds is 11. The molecule has 1 amide bonds. The maximum Gasteiger partial charge on any atom is 0.254 e. The molecule has 1 heterocycles. The predicted octanol–water partition coefficient (Wildman–Crippen LogP) is 6.15. The third-order valence-corrected chi connectivity index (χ3v) is 6.25. The number of benzene rings is 4. The van der Waals surface area contributed by atoms with Gasteiger partial charge in [0.15, 0.2) is 5.78 Å². The summed E-state index contributed by atoms with van der Waals surface area (Å²) >= 11 is 0. The molecule has 0 bridgehead atoms. The van der Waals surface area contributed by atoms with Gasteiger partial charge in [-0.2, -0.15) is 0 Å². The van der Waals surface area contributed by atoms with Crippen molar-refractivity contribution in [1.29, 1.82) is 0 Å². The Morgan fingerprint density at radius 3 is 2.18 bits per heavy atom. The van der Waals surface area contributed by atoms with E-state index in [0.29, 0.717) is 23.4 Å². The maximum atomic E-state index is 13.4. The molecule has 1 atom stereocenters. The minimum Gasteiger partial charge on any atom is -0.457 e. The summed E-state index contributed by atoms with van der Waals surface area (Å²) in [5.41, 5.74) is 2.80. The molecule has 0 saturated carbocycles. The van der Waals surface area contributed by atoms with E-state index in [-0.39, 0.29) is 24.7 Å². The zero-order chi connectivity index (χ0) is 26.9. The lowest BCUT2D eigenvalue weighted by molar-refractivity contribution is -0.121. The average molecular weight is 517 g/mol. The lowest BCUT2D eigenvalue weighted by Crippen LogP contribution is -2.44. The van der Waals surface area contributed by atoms with E-state index in [1.165, 1.54) is 0 Å². The molecule has 0 aliphatic heterocycles. The minimum absolute atomic E-state index is 0.0485. The molecule has 0 fully saturated rings. The Morgan fingerprint density at radius 2 is 1.41 bits per heavy atom. The minimum atomic E-state index is -0.833. The van der Waals surface area contributed by atoms with Crippen molar-refractivity contribution in [2.24, 2.45) is 0 Å². The van der Waals surface area contributed by atoms with Crippen molar-refractivity contribution >= 4 is 22.6 Å². The van der Waals surface area contributed by atoms with Crippen LogP contribution in [-0.4, -0.2) is 29.3 Å². The lowest BCUT2D eigenvalue weighted by atomic mass is 10.0. The molecular weight excluding hydrogens is 488 g/mol. The van der Waals surface area contributed by atoms with Gasteiger partial charge in [0.05, 0.1) is 24.3 Å². The average Bonchev–Trinajstić information content (AvgIpc) is 2.98. The number of ketones is 1. The van der Waals surface area contributed by atoms with E-state index in [2.05, 4.69) is 10.3 Å². The van der Waals surface area contributed by atoms with Gasteiger partial charge in [0.2, 0.25) is 0 Å². The highest BCUT2D eigenvalue weighted by Gasteiger charge is 2.23. The van der Waals surface area contributed by atoms with Crippen molar-refractivity contribution in [2.75, 3.05) is 6.61 Å². The van der Waals surface area contributed by atoms with Crippen molar-refractivity contribution in [2.45, 2.75) is 19.1 Å². The molecule has 1 N–H and O–H groups in total. The van der Waals surface area contributed by atoms with Gasteiger partial charge in [0.1, 0.15) is 17.5 Å². The number of amides is 1. The SMILES string of the molecule is O=C(NC(COCc1ccccc1)C(=O)Cc1ccc(Oc2ccccc2)cc1)c1cccc2cccnc12. The zero-order valence-electron chi connectivity index (χ0n) is 21.3. The Hall–Kier alpha value is -4.81. The summed E-state index contributed by atoms with van der Waals surface area (Å²) in [7, 11) is 0. The standard InChI is InChI=1S/C33H28N2O4/c36-31(21-24-16-18-28(19-17-24)39-27-13-5-2-6-14-27)30(23-38-22-25-9-3-1-4-10-25)35-33(37)29-15-7-11-26-12-8-20-34-32(26)29/h1-20,30H,21-23H2,(H,35,37). The van der Waals surface area contributed by atoms with Crippen molar-refractivity contribution < 1.29 is 19.1 Å². The molecule has 0 saturated heterocycles. The van der Waals surface area contributed by atoms with E-state index in [4.69, 9.17) is 9.47 Å². The molecular formula is C33H28N2O4. The number of para-hydroxylation sites is 2. The van der Waals surface area contributed by atoms with Gasteiger partial charge >= 0.3 is 0 Å². The molecule has 194 valence electrons. The van der Waals surface area contributed by atoms with Crippen LogP contribution in [0.5, 0.6) is 11.5 Å². The van der Waals surface area contributed by atoms with Crippen LogP contribution in [0.1, 0.15) is 21.5 Å². The van der Waals surface area contributed by atoms with Gasteiger partial charge in [-0.3, -0.25) is 14.6 Å². The van der Waals surface area contributed by atoms with Crippen LogP contribution < -0.4 is 10.1 Å². The van der Waals surface area contributed by atoms with Crippen LogP contribution in [0.4, 0.5) is 0 Å². The van der Waals surface area contributed by atoms with Gasteiger partial charge in [-0.15, -0.1) is 0 Å². The first-order valence-corrected chi connectivity index (χ1v) is 12.8. The topological polar surface area (TPSA) is 77.5 Å². The Kier molecular flexibility index (Phi) is 8.36. The van der Waals surface area contributed by atoms with Gasteiger partial charge in [-0.25, -0.2) is 0 Å². The van der Waals surface area contributed by atoms with Crippen LogP contribution in [0.2, 0.25) is 0 Å². The third-order valence-electron chi connectivity index (χ3n) is 6.25. The highest BCUT2D eigenvalue weighted by molar-refractivity contribution is 6.07. The van der Waals surface area contributed by atoms with Crippen molar-refractivity contribution in [3.05, 3.63) is 138 Å². The molecule has 5 aromatic rings. The summed E-state index contributed by atoms with van der Waals surface area (Å²) in [6.07, 6.45) is 1.79. The van der Waals surface area contributed by atoms with E-state index in [1.807, 2.05) is 103 Å². The van der Waals surface area contributed by atoms with Crippen LogP contribution in [0.25, 0.3) is 10.9 Å². The molecule has 0 spiro atoms. The number of hydrogen-bond donors (Lipinski definition) is 1. The Labute approximate surface area is 227 Å². The monoisotopic (exact) mass is 516 g/mol. The van der Waals surface area contributed by atoms with E-state index >= 15 is 0 Å². The summed E-state index contributed by atoms with van der Waals surface area (Å²) in [5, 5.41) is 3.75. The summed E-state index contributed by atoms with van der Waals surface area (Å²) in [6.45, 7) is 0.384. The smallest absolute Gasteiger partial charge is 0.254 e. The van der Waals surface area contributed by atoms with E-state index in [9.17, 15) is 9.59 Å². The highest BCUT2D eigenvalue weighted by Crippen LogP contribution is 2.22. The highest BCUT2D eigenvalue weighted by atomic mass is 16.5. The Bertz CT molecular complexity index is 1530. The first kappa shape index (κ1) is 25.8. The number of pyridine rings is 1. The number of ether oxygens (including phenoxy) is 2. The van der Waals surface area contributed by atoms with E-state index in [1.54, 1.807) is 18.3 Å². The van der Waals surface area contributed by atoms with Crippen molar-refractivity contribution in [3.63, 3.8) is 0 Å². The predicted molar refractivity (Wildman–Crippen MR) is 151 cm³/mol. The molecule has 5 rings (SSSR count). The number of fused-ring (bicyclic) bond motifs is 1. The molecule has 0 radical (unpaired) electrons. The van der Waals surface area contributed by atoms with Crippen molar-refractivity contribution in [1.82, 2.24) is 10.3 Å². The van der Waals surface area contributed by atoms with Crippen LogP contribution in [0.3, 0.4) is 0 Å². The van der Waals surface area contributed by atoms with Crippen LogP contribution in [-0.2, 0) is 22.6 Å². The second kappa shape index (κ2) is 12.6. The molecule has 0 aliphatic carbocycles. The molecule has 6 nitrogen and oxygen atoms in total. The molecule has 6 heteroatoms. The first-order valence-electron chi connectivity index (χ1n) is 12.8. The largest absolute Gasteiger partial charge is 0.457 e. The molecule has 1 aromatic heterocycles. The third kappa shape index (κ3) is 6.94. The maximum absolute atomic E-state index is 13.4. The number of nitrogens with one attached hydrogen (secondary N) is 1. The van der Waals surface area contributed by atoms with Crippen LogP contribution >= 0.6 is 0 Å². The second-order valence-electron chi connectivity index (χ2n) is 9.11. The fraction of sp³-hybridized carbons (Fsp3) is 0.121. The Morgan fingerprint density at radius 1 is 0.718 bits per heavy atom. The molecule has 39 heavy (non-hydrogen) atoms. The van der Waals surface area contributed by atoms with Gasteiger partial charge < -0.3 is 14.8 Å². The van der Waals surface area contributed by atoms with Crippen LogP contribution in [0, 0.1) is 0 Å². The van der Waals surface area contributed by atoms with E-state index < -0.39 is 6.04 Å². The number of carbonyl (C=O) groups is 2. The second-order valence-corrected chi connectivity index (χ2v) is 9.11. The summed E-state index contributed by atoms with van der Waals surface area (Å²) in [6, 6.07) is 34.9. The van der Waals surface area contributed by atoms with Crippen LogP contribution in [0.15, 0.2) is 121 Å². The van der Waals surface area contributed by atoms with Gasteiger partial charge in [-0.1, -0.05) is 78.9 Å². The molecule has 0 aliphatic rings. The van der Waals surface area contributed by atoms with Crippen molar-refractivity contribution in [3.8, 4) is 11.5 Å². The number of carbonyl (C=O) groups excluding carboxylic acids is 2. The van der Waals surface area contributed by atoms with Gasteiger partial charge in [0.25, 0.3) is 5.91 Å². The quantitative estimate of drug-likeness (QED) is 0.228. The number of Topliss-reactive ketones (excluding diaryl/α,β-unsaturated/α-hetero) is 1. The number of hydrogen-bond acceptors (Lipinski definition) is 5. The normalized spacial score (nSPS) is 11.6. The summed E-state index contributed by atoms with van der Waals surface area (Å²) in [4.78, 5) is 31.1. The summed E-state index contributed by atoms with van der Waals surface area (Å²) < 4.78 is 11.7. The number of nitrogens with zero attached hydrogens (tertiary/aromatic N) is 1. The number of aromatic nitrogens is 1. The fourth-order valence-corrected chi connectivity index (χ4v) is 4.23. The lowest BCUT2D eigenvalue weighted by Gasteiger charge is -2.19. The first-order chi connectivity index (χ1) is 19.2. The Balaban J connectivity index is 1.29.